The van der Waals surface area contributed by atoms with Crippen molar-refractivity contribution in [3.63, 3.8) is 0 Å². The molecule has 2 N–H and O–H groups in total. The van der Waals surface area contributed by atoms with Crippen LogP contribution in [0.1, 0.15) is 38.1 Å². The third kappa shape index (κ3) is 5.84. The molecule has 0 saturated carbocycles. The molecule has 0 unspecified atom stereocenters. The number of esters is 1. The third-order valence-corrected chi connectivity index (χ3v) is 2.44. The van der Waals surface area contributed by atoms with E-state index in [-0.39, 0.29) is 18.0 Å². The van der Waals surface area contributed by atoms with E-state index >= 15 is 0 Å². The highest BCUT2D eigenvalue weighted by Crippen LogP contribution is 2.11. The summed E-state index contributed by atoms with van der Waals surface area (Å²) in [6.07, 6.45) is 0. The Morgan fingerprint density at radius 2 is 1.95 bits per heavy atom. The number of rotatable bonds is 5. The van der Waals surface area contributed by atoms with Gasteiger partial charge in [0, 0.05) is 11.2 Å². The van der Waals surface area contributed by atoms with Gasteiger partial charge in [0.15, 0.2) is 0 Å². The van der Waals surface area contributed by atoms with E-state index < -0.39 is 5.97 Å². The van der Waals surface area contributed by atoms with E-state index in [1.165, 1.54) is 0 Å². The highest BCUT2D eigenvalue weighted by atomic mass is 16.5. The summed E-state index contributed by atoms with van der Waals surface area (Å²) >= 11 is 0. The lowest BCUT2D eigenvalue weighted by atomic mass is 10.1. The molecule has 0 aromatic heterocycles. The minimum Gasteiger partial charge on any atom is -0.462 e. The van der Waals surface area contributed by atoms with Gasteiger partial charge in [0.25, 0.3) is 0 Å². The van der Waals surface area contributed by atoms with Gasteiger partial charge in [-0.1, -0.05) is 6.07 Å². The lowest BCUT2D eigenvalue weighted by Crippen LogP contribution is -2.41. The van der Waals surface area contributed by atoms with Crippen LogP contribution in [0.3, 0.4) is 0 Å². The van der Waals surface area contributed by atoms with Crippen molar-refractivity contribution in [3.8, 4) is 0 Å². The first-order valence-corrected chi connectivity index (χ1v) is 6.64. The van der Waals surface area contributed by atoms with Crippen LogP contribution < -0.4 is 10.6 Å². The molecule has 0 aliphatic heterocycles. The summed E-state index contributed by atoms with van der Waals surface area (Å²) in [6, 6.07) is 6.70. The van der Waals surface area contributed by atoms with Crippen LogP contribution in [-0.2, 0) is 9.53 Å². The zero-order chi connectivity index (χ0) is 15.2. The van der Waals surface area contributed by atoms with Crippen LogP contribution in [-0.4, -0.2) is 30.6 Å². The van der Waals surface area contributed by atoms with Gasteiger partial charge in [-0.3, -0.25) is 4.79 Å². The van der Waals surface area contributed by atoms with E-state index in [2.05, 4.69) is 10.6 Å². The van der Waals surface area contributed by atoms with E-state index in [0.717, 1.165) is 0 Å². The number of carbonyl (C=O) groups excluding carboxylic acids is 2. The molecule has 1 aromatic rings. The molecule has 0 heterocycles. The molecule has 0 spiro atoms. The average Bonchev–Trinajstić information content (AvgIpc) is 2.36. The predicted molar refractivity (Wildman–Crippen MR) is 78.8 cm³/mol. The maximum atomic E-state index is 11.8. The Morgan fingerprint density at radius 3 is 2.55 bits per heavy atom. The van der Waals surface area contributed by atoms with Gasteiger partial charge in [-0.05, 0) is 45.9 Å². The topological polar surface area (TPSA) is 67.4 Å². The van der Waals surface area contributed by atoms with Crippen LogP contribution in [0, 0.1) is 0 Å². The summed E-state index contributed by atoms with van der Waals surface area (Å²) in [4.78, 5) is 23.4. The van der Waals surface area contributed by atoms with E-state index in [1.807, 2.05) is 20.8 Å². The maximum absolute atomic E-state index is 11.8. The van der Waals surface area contributed by atoms with Gasteiger partial charge in [-0.25, -0.2) is 4.79 Å². The SMILES string of the molecule is CCOC(=O)c1cccc(NC(=O)CNC(C)(C)C)c1. The van der Waals surface area contributed by atoms with Gasteiger partial charge >= 0.3 is 5.97 Å². The van der Waals surface area contributed by atoms with Crippen molar-refractivity contribution < 1.29 is 14.3 Å². The first-order valence-electron chi connectivity index (χ1n) is 6.64. The molecule has 20 heavy (non-hydrogen) atoms. The van der Waals surface area contributed by atoms with Crippen molar-refractivity contribution in [1.29, 1.82) is 0 Å². The lowest BCUT2D eigenvalue weighted by Gasteiger charge is -2.20. The Hall–Kier alpha value is -1.88. The van der Waals surface area contributed by atoms with Crippen molar-refractivity contribution in [2.45, 2.75) is 33.2 Å². The normalized spacial score (nSPS) is 11.0. The Balaban J connectivity index is 2.62. The Morgan fingerprint density at radius 1 is 1.25 bits per heavy atom. The lowest BCUT2D eigenvalue weighted by molar-refractivity contribution is -0.115. The van der Waals surface area contributed by atoms with Crippen molar-refractivity contribution in [3.05, 3.63) is 29.8 Å². The maximum Gasteiger partial charge on any atom is 0.338 e. The van der Waals surface area contributed by atoms with E-state index in [4.69, 9.17) is 4.74 Å². The molecule has 110 valence electrons. The van der Waals surface area contributed by atoms with Gasteiger partial charge in [0.2, 0.25) is 5.91 Å². The summed E-state index contributed by atoms with van der Waals surface area (Å²) in [5.74, 6) is -0.544. The second-order valence-electron chi connectivity index (χ2n) is 5.45. The van der Waals surface area contributed by atoms with E-state index in [1.54, 1.807) is 31.2 Å². The van der Waals surface area contributed by atoms with Crippen molar-refractivity contribution in [2.24, 2.45) is 0 Å². The summed E-state index contributed by atoms with van der Waals surface area (Å²) in [5, 5.41) is 5.84. The van der Waals surface area contributed by atoms with Crippen LogP contribution in [0.4, 0.5) is 5.69 Å². The number of ether oxygens (including phenoxy) is 1. The number of anilines is 1. The molecule has 0 saturated heterocycles. The van der Waals surface area contributed by atoms with Gasteiger partial charge in [0.1, 0.15) is 0 Å². The molecule has 0 aliphatic rings. The van der Waals surface area contributed by atoms with Gasteiger partial charge < -0.3 is 15.4 Å². The molecule has 5 nitrogen and oxygen atoms in total. The molecule has 1 rings (SSSR count). The fourth-order valence-electron chi connectivity index (χ4n) is 1.49. The second kappa shape index (κ2) is 7.05. The van der Waals surface area contributed by atoms with Crippen molar-refractivity contribution >= 4 is 17.6 Å². The van der Waals surface area contributed by atoms with Gasteiger partial charge in [-0.15, -0.1) is 0 Å². The fraction of sp³-hybridized carbons (Fsp3) is 0.467. The summed E-state index contributed by atoms with van der Waals surface area (Å²) in [5.41, 5.74) is 0.883. The van der Waals surface area contributed by atoms with Crippen LogP contribution in [0.25, 0.3) is 0 Å². The molecule has 5 heteroatoms. The second-order valence-corrected chi connectivity index (χ2v) is 5.45. The molecule has 0 aliphatic carbocycles. The highest BCUT2D eigenvalue weighted by molar-refractivity contribution is 5.95. The first kappa shape index (κ1) is 16.2. The monoisotopic (exact) mass is 278 g/mol. The number of nitrogens with one attached hydrogen (secondary N) is 2. The van der Waals surface area contributed by atoms with Crippen LogP contribution in [0.5, 0.6) is 0 Å². The summed E-state index contributed by atoms with van der Waals surface area (Å²) in [6.45, 7) is 8.25. The highest BCUT2D eigenvalue weighted by Gasteiger charge is 2.12. The summed E-state index contributed by atoms with van der Waals surface area (Å²) < 4.78 is 4.92. The number of amides is 1. The summed E-state index contributed by atoms with van der Waals surface area (Å²) in [7, 11) is 0. The number of carbonyl (C=O) groups is 2. The Labute approximate surface area is 119 Å². The van der Waals surface area contributed by atoms with E-state index in [9.17, 15) is 9.59 Å². The quantitative estimate of drug-likeness (QED) is 0.810. The molecular formula is C15H22N2O3. The minimum atomic E-state index is -0.392. The molecule has 1 aromatic carbocycles. The Kier molecular flexibility index (Phi) is 5.70. The standard InChI is InChI=1S/C15H22N2O3/c1-5-20-14(19)11-7-6-8-12(9-11)17-13(18)10-16-15(2,3)4/h6-9,16H,5,10H2,1-4H3,(H,17,18). The fourth-order valence-corrected chi connectivity index (χ4v) is 1.49. The molecular weight excluding hydrogens is 256 g/mol. The van der Waals surface area contributed by atoms with Gasteiger partial charge in [0.05, 0.1) is 18.7 Å². The van der Waals surface area contributed by atoms with Gasteiger partial charge in [-0.2, -0.15) is 0 Å². The van der Waals surface area contributed by atoms with Crippen LogP contribution in [0.15, 0.2) is 24.3 Å². The molecule has 0 fully saturated rings. The number of benzene rings is 1. The largest absolute Gasteiger partial charge is 0.462 e. The zero-order valence-electron chi connectivity index (χ0n) is 12.4. The van der Waals surface area contributed by atoms with Crippen molar-refractivity contribution in [2.75, 3.05) is 18.5 Å². The zero-order valence-corrected chi connectivity index (χ0v) is 12.4. The van der Waals surface area contributed by atoms with E-state index in [0.29, 0.717) is 17.9 Å². The molecule has 0 radical (unpaired) electrons. The smallest absolute Gasteiger partial charge is 0.338 e. The molecule has 0 bridgehead atoms. The average molecular weight is 278 g/mol. The Bertz CT molecular complexity index is 478. The van der Waals surface area contributed by atoms with Crippen LogP contribution in [0.2, 0.25) is 0 Å². The predicted octanol–water partition coefficient (Wildman–Crippen LogP) is 2.19. The minimum absolute atomic E-state index is 0.121. The third-order valence-electron chi connectivity index (χ3n) is 2.44. The number of hydrogen-bond acceptors (Lipinski definition) is 4. The first-order chi connectivity index (χ1) is 9.31. The molecule has 0 atom stereocenters. The number of hydrogen-bond donors (Lipinski definition) is 2. The van der Waals surface area contributed by atoms with Crippen LogP contribution >= 0.6 is 0 Å². The van der Waals surface area contributed by atoms with Crippen molar-refractivity contribution in [1.82, 2.24) is 5.32 Å². The molecule has 1 amide bonds.